The van der Waals surface area contributed by atoms with Crippen LogP contribution in [0.4, 0.5) is 0 Å². The number of nitrogens with zero attached hydrogens (tertiary/aromatic N) is 1. The molecule has 1 saturated carbocycles. The number of thiophene rings is 1. The second-order valence-corrected chi connectivity index (χ2v) is 9.27. The van der Waals surface area contributed by atoms with Crippen LogP contribution in [-0.4, -0.2) is 29.1 Å². The Bertz CT molecular complexity index is 762. The van der Waals surface area contributed by atoms with Crippen LogP contribution in [0, 0.1) is 5.92 Å². The zero-order valence-corrected chi connectivity index (χ0v) is 16.8. The van der Waals surface area contributed by atoms with E-state index in [1.54, 1.807) is 0 Å². The number of hydrogen-bond acceptors (Lipinski definition) is 3. The van der Waals surface area contributed by atoms with Crippen molar-refractivity contribution in [3.63, 3.8) is 0 Å². The maximum Gasteiger partial charge on any atom is 0.115 e. The number of aromatic hydroxyl groups is 1. The Balaban J connectivity index is 0.00000168. The lowest BCUT2D eigenvalue weighted by atomic mass is 9.52. The predicted octanol–water partition coefficient (Wildman–Crippen LogP) is 5.18. The largest absolute Gasteiger partial charge is 0.508 e. The van der Waals surface area contributed by atoms with Crippen LogP contribution in [0.15, 0.2) is 35.7 Å². The topological polar surface area (TPSA) is 23.5 Å². The number of piperidine rings is 1. The molecule has 1 aromatic heterocycles. The van der Waals surface area contributed by atoms with Crippen LogP contribution in [0.1, 0.15) is 48.1 Å². The van der Waals surface area contributed by atoms with E-state index in [4.69, 9.17) is 0 Å². The number of likely N-dealkylation sites (tertiary alicyclic amines) is 1. The normalized spacial score (nSPS) is 30.2. The van der Waals surface area contributed by atoms with Crippen molar-refractivity contribution >= 4 is 23.7 Å². The summed E-state index contributed by atoms with van der Waals surface area (Å²) < 4.78 is 0. The van der Waals surface area contributed by atoms with Gasteiger partial charge in [0.15, 0.2) is 0 Å². The molecule has 2 aliphatic carbocycles. The molecule has 2 fully saturated rings. The van der Waals surface area contributed by atoms with Gasteiger partial charge in [-0.1, -0.05) is 25.0 Å². The molecule has 4 heteroatoms. The molecule has 1 aliphatic heterocycles. The number of rotatable bonds is 3. The lowest BCUT2D eigenvalue weighted by Crippen LogP contribution is -2.61. The molecule has 5 rings (SSSR count). The average Bonchev–Trinajstić information content (AvgIpc) is 3.15. The van der Waals surface area contributed by atoms with Crippen LogP contribution < -0.4 is 0 Å². The Morgan fingerprint density at radius 1 is 1.19 bits per heavy atom. The Kier molecular flexibility index (Phi) is 5.06. The fraction of sp³-hybridized carbons (Fsp3) is 0.545. The molecule has 1 N–H and O–H groups in total. The van der Waals surface area contributed by atoms with Crippen molar-refractivity contribution in [3.05, 3.63) is 51.7 Å². The third-order valence-corrected chi connectivity index (χ3v) is 8.10. The van der Waals surface area contributed by atoms with E-state index in [0.717, 1.165) is 5.92 Å². The van der Waals surface area contributed by atoms with Crippen LogP contribution in [0.3, 0.4) is 0 Å². The van der Waals surface area contributed by atoms with Gasteiger partial charge in [-0.2, -0.15) is 0 Å². The Morgan fingerprint density at radius 3 is 2.96 bits per heavy atom. The van der Waals surface area contributed by atoms with Crippen LogP contribution in [-0.2, 0) is 18.3 Å². The highest BCUT2D eigenvalue weighted by molar-refractivity contribution is 7.09. The van der Waals surface area contributed by atoms with Gasteiger partial charge in [-0.15, -0.1) is 23.7 Å². The van der Waals surface area contributed by atoms with Gasteiger partial charge in [0.1, 0.15) is 5.75 Å². The lowest BCUT2D eigenvalue weighted by molar-refractivity contribution is -0.0106. The van der Waals surface area contributed by atoms with Crippen molar-refractivity contribution in [3.8, 4) is 5.75 Å². The molecule has 2 bridgehead atoms. The molecule has 0 spiro atoms. The molecule has 2 aromatic rings. The van der Waals surface area contributed by atoms with Gasteiger partial charge in [-0.05, 0) is 79.3 Å². The summed E-state index contributed by atoms with van der Waals surface area (Å²) in [7, 11) is 0. The van der Waals surface area contributed by atoms with Crippen LogP contribution in [0.2, 0.25) is 0 Å². The molecule has 3 atom stereocenters. The minimum atomic E-state index is 0. The van der Waals surface area contributed by atoms with E-state index in [9.17, 15) is 5.11 Å². The highest BCUT2D eigenvalue weighted by atomic mass is 35.5. The predicted molar refractivity (Wildman–Crippen MR) is 111 cm³/mol. The van der Waals surface area contributed by atoms with E-state index < -0.39 is 0 Å². The van der Waals surface area contributed by atoms with Gasteiger partial charge in [0, 0.05) is 22.9 Å². The third-order valence-electron chi connectivity index (χ3n) is 7.16. The fourth-order valence-electron chi connectivity index (χ4n) is 6.06. The van der Waals surface area contributed by atoms with Crippen LogP contribution in [0.5, 0.6) is 5.75 Å². The minimum absolute atomic E-state index is 0. The summed E-state index contributed by atoms with van der Waals surface area (Å²) in [6.07, 6.45) is 9.07. The summed E-state index contributed by atoms with van der Waals surface area (Å²) >= 11 is 1.89. The van der Waals surface area contributed by atoms with E-state index in [0.29, 0.717) is 17.2 Å². The fourth-order valence-corrected chi connectivity index (χ4v) is 6.76. The average molecular weight is 390 g/mol. The standard InChI is InChI=1S/C22H27NOS.ClH/c24-17-7-6-16-14-21-19-5-1-2-9-22(19,20(16)15-17)10-12-23(21)11-8-18-4-3-13-25-18;/h3-4,6-7,13,15,19,21,24H,1-2,5,8-12,14H2;1H/t19-,21-,22+;/m0./s1. The van der Waals surface area contributed by atoms with E-state index in [1.165, 1.54) is 74.0 Å². The van der Waals surface area contributed by atoms with Gasteiger partial charge in [-0.3, -0.25) is 4.90 Å². The van der Waals surface area contributed by atoms with Crippen molar-refractivity contribution < 1.29 is 5.11 Å². The van der Waals surface area contributed by atoms with Crippen molar-refractivity contribution in [1.82, 2.24) is 4.90 Å². The molecular formula is C22H28ClNOS. The van der Waals surface area contributed by atoms with Crippen molar-refractivity contribution in [2.24, 2.45) is 5.92 Å². The van der Waals surface area contributed by atoms with Crippen molar-refractivity contribution in [2.75, 3.05) is 13.1 Å². The highest BCUT2D eigenvalue weighted by Crippen LogP contribution is 2.56. The first kappa shape index (κ1) is 18.3. The molecule has 2 nitrogen and oxygen atoms in total. The summed E-state index contributed by atoms with van der Waals surface area (Å²) in [6, 6.07) is 11.3. The Morgan fingerprint density at radius 2 is 2.12 bits per heavy atom. The summed E-state index contributed by atoms with van der Waals surface area (Å²) in [5, 5.41) is 12.3. The minimum Gasteiger partial charge on any atom is -0.508 e. The van der Waals surface area contributed by atoms with E-state index >= 15 is 0 Å². The van der Waals surface area contributed by atoms with Gasteiger partial charge in [0.25, 0.3) is 0 Å². The number of phenolic OH excluding ortho intramolecular Hbond substituents is 1. The zero-order chi connectivity index (χ0) is 16.9. The monoisotopic (exact) mass is 389 g/mol. The maximum absolute atomic E-state index is 10.1. The molecule has 3 aliphatic rings. The number of fused-ring (bicyclic) bond motifs is 1. The maximum atomic E-state index is 10.1. The first-order valence-electron chi connectivity index (χ1n) is 9.85. The smallest absolute Gasteiger partial charge is 0.115 e. The zero-order valence-electron chi connectivity index (χ0n) is 15.2. The molecule has 140 valence electrons. The van der Waals surface area contributed by atoms with E-state index in [2.05, 4.69) is 34.5 Å². The molecule has 0 amide bonds. The quantitative estimate of drug-likeness (QED) is 0.782. The Hall–Kier alpha value is -1.03. The van der Waals surface area contributed by atoms with Crippen LogP contribution >= 0.6 is 23.7 Å². The number of hydrogen-bond donors (Lipinski definition) is 1. The summed E-state index contributed by atoms with van der Waals surface area (Å²) in [4.78, 5) is 4.31. The van der Waals surface area contributed by atoms with Gasteiger partial charge < -0.3 is 5.11 Å². The summed E-state index contributed by atoms with van der Waals surface area (Å²) in [6.45, 7) is 2.42. The summed E-state index contributed by atoms with van der Waals surface area (Å²) in [5.74, 6) is 1.24. The first-order chi connectivity index (χ1) is 12.3. The molecular weight excluding hydrogens is 362 g/mol. The number of halogens is 1. The third kappa shape index (κ3) is 2.89. The van der Waals surface area contributed by atoms with Gasteiger partial charge in [-0.25, -0.2) is 0 Å². The van der Waals surface area contributed by atoms with Gasteiger partial charge in [0.2, 0.25) is 0 Å². The van der Waals surface area contributed by atoms with E-state index in [1.807, 2.05) is 17.4 Å². The van der Waals surface area contributed by atoms with Gasteiger partial charge >= 0.3 is 0 Å². The SMILES string of the molecule is Cl.Oc1ccc2c(c1)[C@@]13CCCC[C@H]1[C@H](C2)N(CCc1cccs1)CC3. The van der Waals surface area contributed by atoms with Gasteiger partial charge in [0.05, 0.1) is 0 Å². The first-order valence-corrected chi connectivity index (χ1v) is 10.7. The molecule has 1 saturated heterocycles. The molecule has 0 radical (unpaired) electrons. The second kappa shape index (κ2) is 7.18. The summed E-state index contributed by atoms with van der Waals surface area (Å²) in [5.41, 5.74) is 3.34. The lowest BCUT2D eigenvalue weighted by Gasteiger charge is -2.59. The number of phenols is 1. The van der Waals surface area contributed by atoms with E-state index in [-0.39, 0.29) is 12.4 Å². The molecule has 2 heterocycles. The van der Waals surface area contributed by atoms with Crippen molar-refractivity contribution in [1.29, 1.82) is 0 Å². The molecule has 26 heavy (non-hydrogen) atoms. The second-order valence-electron chi connectivity index (χ2n) is 8.24. The van der Waals surface area contributed by atoms with Crippen molar-refractivity contribution in [2.45, 2.75) is 56.4 Å². The molecule has 0 unspecified atom stereocenters. The Labute approximate surface area is 166 Å². The number of benzene rings is 1. The highest BCUT2D eigenvalue weighted by Gasteiger charge is 2.53. The molecule has 1 aromatic carbocycles. The van der Waals surface area contributed by atoms with Crippen LogP contribution in [0.25, 0.3) is 0 Å².